The van der Waals surface area contributed by atoms with Crippen molar-refractivity contribution >= 4 is 17.6 Å². The maximum Gasteiger partial charge on any atom is 0.342 e. The first-order chi connectivity index (χ1) is 10.4. The van der Waals surface area contributed by atoms with Gasteiger partial charge in [0.1, 0.15) is 17.1 Å². The Morgan fingerprint density at radius 3 is 2.32 bits per heavy atom. The van der Waals surface area contributed by atoms with Gasteiger partial charge in [-0.15, -0.1) is 0 Å². The Morgan fingerprint density at radius 2 is 1.77 bits per heavy atom. The summed E-state index contributed by atoms with van der Waals surface area (Å²) >= 11 is 0. The molecular formula is C17H19NO4. The molecule has 2 rings (SSSR count). The van der Waals surface area contributed by atoms with Crippen LogP contribution in [0.3, 0.4) is 0 Å². The van der Waals surface area contributed by atoms with Gasteiger partial charge in [-0.2, -0.15) is 0 Å². The number of hydrogen-bond donors (Lipinski definition) is 1. The number of rotatable bonds is 4. The van der Waals surface area contributed by atoms with Gasteiger partial charge in [0.05, 0.1) is 0 Å². The molecule has 1 amide bonds. The fourth-order valence-corrected chi connectivity index (χ4v) is 1.99. The number of carbonyl (C=O) groups is 2. The third-order valence-corrected chi connectivity index (χ3v) is 3.23. The van der Waals surface area contributed by atoms with Crippen LogP contribution in [0.4, 0.5) is 5.69 Å². The third kappa shape index (κ3) is 3.75. The van der Waals surface area contributed by atoms with E-state index in [0.717, 1.165) is 5.56 Å². The highest BCUT2D eigenvalue weighted by Crippen LogP contribution is 2.16. The van der Waals surface area contributed by atoms with Crippen molar-refractivity contribution in [3.05, 3.63) is 53.0 Å². The summed E-state index contributed by atoms with van der Waals surface area (Å²) in [6.07, 6.45) is -0.900. The quantitative estimate of drug-likeness (QED) is 0.879. The second-order valence-electron chi connectivity index (χ2n) is 5.23. The minimum absolute atomic E-state index is 0.340. The lowest BCUT2D eigenvalue weighted by molar-refractivity contribution is -0.123. The Balaban J connectivity index is 1.97. The Morgan fingerprint density at radius 1 is 1.14 bits per heavy atom. The van der Waals surface area contributed by atoms with Gasteiger partial charge in [-0.1, -0.05) is 17.7 Å². The highest BCUT2D eigenvalue weighted by molar-refractivity contribution is 5.97. The number of furan rings is 1. The summed E-state index contributed by atoms with van der Waals surface area (Å²) in [5.74, 6) is 0.158. The maximum atomic E-state index is 12.0. The van der Waals surface area contributed by atoms with Crippen LogP contribution in [-0.4, -0.2) is 18.0 Å². The molecule has 0 bridgehead atoms. The van der Waals surface area contributed by atoms with Crippen molar-refractivity contribution in [2.75, 3.05) is 5.32 Å². The highest BCUT2D eigenvalue weighted by Gasteiger charge is 2.22. The highest BCUT2D eigenvalue weighted by atomic mass is 16.5. The van der Waals surface area contributed by atoms with Crippen molar-refractivity contribution in [1.82, 2.24) is 0 Å². The normalized spacial score (nSPS) is 11.8. The molecule has 1 unspecified atom stereocenters. The van der Waals surface area contributed by atoms with Crippen LogP contribution in [0.2, 0.25) is 0 Å². The lowest BCUT2D eigenvalue weighted by Crippen LogP contribution is -2.30. The van der Waals surface area contributed by atoms with Crippen molar-refractivity contribution in [2.24, 2.45) is 0 Å². The van der Waals surface area contributed by atoms with Crippen molar-refractivity contribution < 1.29 is 18.7 Å². The molecule has 1 heterocycles. The van der Waals surface area contributed by atoms with E-state index in [4.69, 9.17) is 9.15 Å². The maximum absolute atomic E-state index is 12.0. The molecule has 0 fully saturated rings. The van der Waals surface area contributed by atoms with Gasteiger partial charge in [0, 0.05) is 5.69 Å². The summed E-state index contributed by atoms with van der Waals surface area (Å²) in [5, 5.41) is 2.71. The van der Waals surface area contributed by atoms with E-state index in [2.05, 4.69) is 5.32 Å². The fourth-order valence-electron chi connectivity index (χ4n) is 1.99. The van der Waals surface area contributed by atoms with Gasteiger partial charge >= 0.3 is 5.97 Å². The predicted octanol–water partition coefficient (Wildman–Crippen LogP) is 3.39. The lowest BCUT2D eigenvalue weighted by Gasteiger charge is -2.13. The van der Waals surface area contributed by atoms with Gasteiger partial charge < -0.3 is 14.5 Å². The van der Waals surface area contributed by atoms with Gasteiger partial charge in [-0.05, 0) is 45.9 Å². The molecule has 2 aromatic rings. The molecule has 0 radical (unpaired) electrons. The van der Waals surface area contributed by atoms with Crippen LogP contribution in [-0.2, 0) is 9.53 Å². The number of amides is 1. The molecule has 0 aliphatic carbocycles. The number of hydrogen-bond acceptors (Lipinski definition) is 4. The molecule has 116 valence electrons. The van der Waals surface area contributed by atoms with E-state index in [1.165, 1.54) is 6.92 Å². The Bertz CT molecular complexity index is 685. The zero-order chi connectivity index (χ0) is 16.3. The molecule has 5 nitrogen and oxygen atoms in total. The van der Waals surface area contributed by atoms with E-state index in [-0.39, 0.29) is 5.91 Å². The van der Waals surface area contributed by atoms with Crippen LogP contribution in [0.15, 0.2) is 34.7 Å². The predicted molar refractivity (Wildman–Crippen MR) is 82.9 cm³/mol. The summed E-state index contributed by atoms with van der Waals surface area (Å²) in [5.41, 5.74) is 2.10. The zero-order valence-corrected chi connectivity index (χ0v) is 13.1. The largest absolute Gasteiger partial charge is 0.466 e. The first kappa shape index (κ1) is 15.8. The number of esters is 1. The van der Waals surface area contributed by atoms with Crippen LogP contribution in [0.25, 0.3) is 0 Å². The summed E-state index contributed by atoms with van der Waals surface area (Å²) < 4.78 is 10.5. The smallest absolute Gasteiger partial charge is 0.342 e. The Hall–Kier alpha value is -2.56. The Labute approximate surface area is 129 Å². The topological polar surface area (TPSA) is 68.5 Å². The molecule has 22 heavy (non-hydrogen) atoms. The van der Waals surface area contributed by atoms with E-state index >= 15 is 0 Å². The van der Waals surface area contributed by atoms with E-state index < -0.39 is 12.1 Å². The molecular weight excluding hydrogens is 282 g/mol. The number of benzene rings is 1. The van der Waals surface area contributed by atoms with Crippen molar-refractivity contribution in [1.29, 1.82) is 0 Å². The number of anilines is 1. The monoisotopic (exact) mass is 301 g/mol. The van der Waals surface area contributed by atoms with E-state index in [1.54, 1.807) is 32.0 Å². The van der Waals surface area contributed by atoms with Crippen molar-refractivity contribution in [3.8, 4) is 0 Å². The average Bonchev–Trinajstić information content (AvgIpc) is 2.80. The first-order valence-electron chi connectivity index (χ1n) is 7.02. The molecule has 1 atom stereocenters. The number of aryl methyl sites for hydroxylation is 3. The summed E-state index contributed by atoms with van der Waals surface area (Å²) in [7, 11) is 0. The van der Waals surface area contributed by atoms with Crippen LogP contribution < -0.4 is 5.32 Å². The van der Waals surface area contributed by atoms with Gasteiger partial charge in [-0.25, -0.2) is 4.79 Å². The fraction of sp³-hybridized carbons (Fsp3) is 0.294. The minimum Gasteiger partial charge on any atom is -0.466 e. The second-order valence-corrected chi connectivity index (χ2v) is 5.23. The van der Waals surface area contributed by atoms with E-state index in [9.17, 15) is 9.59 Å². The number of nitrogens with one attached hydrogen (secondary N) is 1. The molecule has 0 saturated carbocycles. The van der Waals surface area contributed by atoms with Crippen molar-refractivity contribution in [2.45, 2.75) is 33.8 Å². The first-order valence-corrected chi connectivity index (χ1v) is 7.02. The zero-order valence-electron chi connectivity index (χ0n) is 13.1. The van der Waals surface area contributed by atoms with Crippen LogP contribution >= 0.6 is 0 Å². The third-order valence-electron chi connectivity index (χ3n) is 3.23. The number of ether oxygens (including phenoxy) is 1. The van der Waals surface area contributed by atoms with Crippen molar-refractivity contribution in [3.63, 3.8) is 0 Å². The molecule has 0 saturated heterocycles. The van der Waals surface area contributed by atoms with Gasteiger partial charge in [0.15, 0.2) is 6.10 Å². The molecule has 1 aromatic heterocycles. The Kier molecular flexibility index (Phi) is 4.65. The van der Waals surface area contributed by atoms with Crippen LogP contribution in [0, 0.1) is 20.8 Å². The second kappa shape index (κ2) is 6.47. The molecule has 0 spiro atoms. The van der Waals surface area contributed by atoms with E-state index in [0.29, 0.717) is 22.8 Å². The molecule has 0 aliphatic rings. The summed E-state index contributed by atoms with van der Waals surface area (Å²) in [6, 6.07) is 8.98. The average molecular weight is 301 g/mol. The van der Waals surface area contributed by atoms with Crippen LogP contribution in [0.1, 0.15) is 34.4 Å². The lowest BCUT2D eigenvalue weighted by atomic mass is 10.2. The molecule has 5 heteroatoms. The van der Waals surface area contributed by atoms with E-state index in [1.807, 2.05) is 19.1 Å². The molecule has 1 aromatic carbocycles. The van der Waals surface area contributed by atoms with Gasteiger partial charge in [0.2, 0.25) is 0 Å². The van der Waals surface area contributed by atoms with Crippen LogP contribution in [0.5, 0.6) is 0 Å². The molecule has 0 aliphatic heterocycles. The molecule has 1 N–H and O–H groups in total. The minimum atomic E-state index is -0.900. The number of carbonyl (C=O) groups excluding carboxylic acids is 2. The van der Waals surface area contributed by atoms with Gasteiger partial charge in [0.25, 0.3) is 5.91 Å². The summed E-state index contributed by atoms with van der Waals surface area (Å²) in [4.78, 5) is 24.1. The summed E-state index contributed by atoms with van der Waals surface area (Å²) in [6.45, 7) is 6.92. The van der Waals surface area contributed by atoms with Gasteiger partial charge in [-0.3, -0.25) is 4.79 Å². The standard InChI is InChI=1S/C17H19NO4/c1-10-5-7-14(8-6-10)18-16(19)13(4)22-17(20)15-9-11(2)21-12(15)3/h5-9,13H,1-4H3,(H,18,19). The SMILES string of the molecule is Cc1ccc(NC(=O)C(C)OC(=O)c2cc(C)oc2C)cc1.